The van der Waals surface area contributed by atoms with E-state index >= 15 is 0 Å². The van der Waals surface area contributed by atoms with Crippen molar-refractivity contribution in [2.24, 2.45) is 10.4 Å². The van der Waals surface area contributed by atoms with Crippen molar-refractivity contribution in [1.29, 1.82) is 0 Å². The van der Waals surface area contributed by atoms with E-state index in [1.54, 1.807) is 0 Å². The lowest BCUT2D eigenvalue weighted by Gasteiger charge is -2.34. The van der Waals surface area contributed by atoms with Crippen LogP contribution in [-0.2, 0) is 4.79 Å². The second kappa shape index (κ2) is 5.35. The predicted molar refractivity (Wildman–Crippen MR) is 79.5 cm³/mol. The normalized spacial score (nSPS) is 30.6. The highest BCUT2D eigenvalue weighted by atomic mass is 32.2. The average molecular weight is 281 g/mol. The second-order valence-electron chi connectivity index (χ2n) is 6.27. The van der Waals surface area contributed by atoms with Crippen LogP contribution < -0.4 is 5.32 Å². The smallest absolute Gasteiger partial charge is 0.222 e. The molecule has 2 fully saturated rings. The van der Waals surface area contributed by atoms with Crippen molar-refractivity contribution in [2.45, 2.75) is 44.6 Å². The SMILES string of the molecule is CN1CC(NC2=NCC3(CCCC3)CS2)CCC1=O. The molecule has 1 spiro atoms. The molecule has 0 aromatic heterocycles. The number of nitrogens with one attached hydrogen (secondary N) is 1. The average Bonchev–Trinajstić information content (AvgIpc) is 2.86. The minimum atomic E-state index is 0.265. The molecule has 4 nitrogen and oxygen atoms in total. The van der Waals surface area contributed by atoms with Gasteiger partial charge in [-0.25, -0.2) is 0 Å². The van der Waals surface area contributed by atoms with Crippen LogP contribution in [0.4, 0.5) is 0 Å². The molecular formula is C14H23N3OS. The maximum Gasteiger partial charge on any atom is 0.222 e. The summed E-state index contributed by atoms with van der Waals surface area (Å²) >= 11 is 1.89. The molecule has 1 amide bonds. The molecule has 0 radical (unpaired) electrons. The highest BCUT2D eigenvalue weighted by Crippen LogP contribution is 2.43. The Kier molecular flexibility index (Phi) is 3.74. The fraction of sp³-hybridized carbons (Fsp3) is 0.857. The summed E-state index contributed by atoms with van der Waals surface area (Å²) in [7, 11) is 1.89. The molecule has 0 aromatic carbocycles. The summed E-state index contributed by atoms with van der Waals surface area (Å²) < 4.78 is 0. The molecule has 5 heteroatoms. The van der Waals surface area contributed by atoms with E-state index < -0.39 is 0 Å². The Bertz CT molecular complexity index is 390. The number of carbonyl (C=O) groups excluding carboxylic acids is 1. The van der Waals surface area contributed by atoms with Crippen molar-refractivity contribution in [3.63, 3.8) is 0 Å². The van der Waals surface area contributed by atoms with Gasteiger partial charge in [0.2, 0.25) is 5.91 Å². The van der Waals surface area contributed by atoms with Crippen LogP contribution in [0.5, 0.6) is 0 Å². The summed E-state index contributed by atoms with van der Waals surface area (Å²) in [5.41, 5.74) is 0.509. The van der Waals surface area contributed by atoms with Crippen LogP contribution in [0.15, 0.2) is 4.99 Å². The van der Waals surface area contributed by atoms with Crippen molar-refractivity contribution < 1.29 is 4.79 Å². The zero-order chi connectivity index (χ0) is 13.3. The number of aliphatic imine (C=N–C) groups is 1. The third-order valence-electron chi connectivity index (χ3n) is 4.69. The Hall–Kier alpha value is -0.710. The summed E-state index contributed by atoms with van der Waals surface area (Å²) in [4.78, 5) is 18.1. The monoisotopic (exact) mass is 281 g/mol. The highest BCUT2D eigenvalue weighted by Gasteiger charge is 2.36. The van der Waals surface area contributed by atoms with E-state index in [1.807, 2.05) is 23.7 Å². The lowest BCUT2D eigenvalue weighted by Crippen LogP contribution is -2.48. The quantitative estimate of drug-likeness (QED) is 0.798. The van der Waals surface area contributed by atoms with Crippen LogP contribution in [-0.4, -0.2) is 47.9 Å². The number of carbonyl (C=O) groups is 1. The molecule has 1 saturated carbocycles. The fourth-order valence-corrected chi connectivity index (χ4v) is 4.60. The molecule has 2 aliphatic heterocycles. The van der Waals surface area contributed by atoms with Gasteiger partial charge in [0.25, 0.3) is 0 Å². The summed E-state index contributed by atoms with van der Waals surface area (Å²) in [6.45, 7) is 1.81. The van der Waals surface area contributed by atoms with E-state index in [0.29, 0.717) is 17.9 Å². The molecule has 0 bridgehead atoms. The Morgan fingerprint density at radius 2 is 2.21 bits per heavy atom. The van der Waals surface area contributed by atoms with Crippen molar-refractivity contribution in [1.82, 2.24) is 10.2 Å². The minimum absolute atomic E-state index is 0.265. The molecule has 2 heterocycles. The zero-order valence-corrected chi connectivity index (χ0v) is 12.5. The maximum atomic E-state index is 11.5. The van der Waals surface area contributed by atoms with Gasteiger partial charge in [0.05, 0.1) is 0 Å². The number of likely N-dealkylation sites (tertiary alicyclic amines) is 1. The molecule has 0 aromatic rings. The summed E-state index contributed by atoms with van der Waals surface area (Å²) in [6, 6.07) is 0.381. The minimum Gasteiger partial charge on any atom is -0.360 e. The number of amides is 1. The summed E-state index contributed by atoms with van der Waals surface area (Å²) in [5.74, 6) is 1.49. The topological polar surface area (TPSA) is 44.7 Å². The number of amidine groups is 1. The second-order valence-corrected chi connectivity index (χ2v) is 7.24. The van der Waals surface area contributed by atoms with Gasteiger partial charge in [0.15, 0.2) is 5.17 Å². The van der Waals surface area contributed by atoms with Crippen LogP contribution in [0.2, 0.25) is 0 Å². The Balaban J connectivity index is 1.54. The van der Waals surface area contributed by atoms with Crippen LogP contribution in [0.3, 0.4) is 0 Å². The molecule has 19 heavy (non-hydrogen) atoms. The van der Waals surface area contributed by atoms with Gasteiger partial charge in [-0.05, 0) is 24.7 Å². The first kappa shape index (κ1) is 13.3. The first-order chi connectivity index (χ1) is 9.17. The van der Waals surface area contributed by atoms with Crippen LogP contribution in [0.25, 0.3) is 0 Å². The van der Waals surface area contributed by atoms with E-state index in [9.17, 15) is 4.79 Å². The molecule has 1 atom stereocenters. The number of hydrogen-bond acceptors (Lipinski definition) is 4. The van der Waals surface area contributed by atoms with E-state index in [0.717, 1.165) is 24.7 Å². The van der Waals surface area contributed by atoms with E-state index in [2.05, 4.69) is 5.32 Å². The van der Waals surface area contributed by atoms with E-state index in [1.165, 1.54) is 31.4 Å². The third-order valence-corrected chi connectivity index (χ3v) is 5.97. The van der Waals surface area contributed by atoms with Gasteiger partial charge in [-0.15, -0.1) is 0 Å². The number of rotatable bonds is 1. The van der Waals surface area contributed by atoms with Crippen LogP contribution >= 0.6 is 11.8 Å². The Labute approximate surface area is 119 Å². The number of nitrogens with zero attached hydrogens (tertiary/aromatic N) is 2. The lowest BCUT2D eigenvalue weighted by molar-refractivity contribution is -0.132. The zero-order valence-electron chi connectivity index (χ0n) is 11.7. The van der Waals surface area contributed by atoms with Crippen LogP contribution in [0, 0.1) is 5.41 Å². The molecule has 1 unspecified atom stereocenters. The van der Waals surface area contributed by atoms with Crippen molar-refractivity contribution >= 4 is 22.8 Å². The van der Waals surface area contributed by atoms with Gasteiger partial charge in [0.1, 0.15) is 0 Å². The number of piperidine rings is 1. The van der Waals surface area contributed by atoms with Gasteiger partial charge in [-0.2, -0.15) is 0 Å². The van der Waals surface area contributed by atoms with Gasteiger partial charge in [0, 0.05) is 38.4 Å². The number of thioether (sulfide) groups is 1. The molecule has 3 aliphatic rings. The van der Waals surface area contributed by atoms with Gasteiger partial charge in [-0.3, -0.25) is 9.79 Å². The van der Waals surface area contributed by atoms with E-state index in [4.69, 9.17) is 4.99 Å². The maximum absolute atomic E-state index is 11.5. The Morgan fingerprint density at radius 3 is 2.84 bits per heavy atom. The fourth-order valence-electron chi connectivity index (χ4n) is 3.37. The first-order valence-electron chi connectivity index (χ1n) is 7.35. The van der Waals surface area contributed by atoms with Crippen molar-refractivity contribution in [2.75, 3.05) is 25.9 Å². The molecule has 106 valence electrons. The van der Waals surface area contributed by atoms with Crippen molar-refractivity contribution in [3.05, 3.63) is 0 Å². The standard InChI is InChI=1S/C14H23N3OS/c1-17-8-11(4-5-12(17)18)16-13-15-9-14(10-19-13)6-2-3-7-14/h11H,2-10H2,1H3,(H,15,16). The Morgan fingerprint density at radius 1 is 1.42 bits per heavy atom. The predicted octanol–water partition coefficient (Wildman–Crippen LogP) is 1.86. The van der Waals surface area contributed by atoms with Crippen LogP contribution in [0.1, 0.15) is 38.5 Å². The molecule has 3 rings (SSSR count). The molecule has 1 saturated heterocycles. The first-order valence-corrected chi connectivity index (χ1v) is 8.33. The van der Waals surface area contributed by atoms with Gasteiger partial charge in [-0.1, -0.05) is 24.6 Å². The highest BCUT2D eigenvalue weighted by molar-refractivity contribution is 8.13. The van der Waals surface area contributed by atoms with Gasteiger partial charge >= 0.3 is 0 Å². The van der Waals surface area contributed by atoms with Gasteiger partial charge < -0.3 is 10.2 Å². The molecule has 1 aliphatic carbocycles. The largest absolute Gasteiger partial charge is 0.360 e. The lowest BCUT2D eigenvalue weighted by atomic mass is 9.89. The molecule has 1 N–H and O–H groups in total. The third kappa shape index (κ3) is 2.91. The summed E-state index contributed by atoms with van der Waals surface area (Å²) in [6.07, 6.45) is 7.08. The number of hydrogen-bond donors (Lipinski definition) is 1. The van der Waals surface area contributed by atoms with Crippen molar-refractivity contribution in [3.8, 4) is 0 Å². The molecular weight excluding hydrogens is 258 g/mol. The summed E-state index contributed by atoms with van der Waals surface area (Å²) in [5, 5.41) is 4.64. The number of likely N-dealkylation sites (N-methyl/N-ethyl adjacent to an activating group) is 1. The van der Waals surface area contributed by atoms with E-state index in [-0.39, 0.29) is 5.91 Å².